The van der Waals surface area contributed by atoms with Gasteiger partial charge in [-0.3, -0.25) is 0 Å². The number of nitrogens with zero attached hydrogens (tertiary/aromatic N) is 3. The first-order valence-corrected chi connectivity index (χ1v) is 9.19. The van der Waals surface area contributed by atoms with Crippen molar-refractivity contribution in [3.8, 4) is 11.5 Å². The van der Waals surface area contributed by atoms with Gasteiger partial charge < -0.3 is 24.7 Å². The minimum absolute atomic E-state index is 0.283. The fourth-order valence-electron chi connectivity index (χ4n) is 3.97. The quantitative estimate of drug-likeness (QED) is 0.883. The van der Waals surface area contributed by atoms with Gasteiger partial charge in [0.15, 0.2) is 17.3 Å². The molecule has 8 nitrogen and oxygen atoms in total. The van der Waals surface area contributed by atoms with Crippen molar-refractivity contribution in [1.82, 2.24) is 20.1 Å². The molecule has 5 rings (SSSR count). The van der Waals surface area contributed by atoms with Crippen LogP contribution in [0.5, 0.6) is 11.5 Å². The van der Waals surface area contributed by atoms with E-state index in [2.05, 4.69) is 25.4 Å². The first-order chi connectivity index (χ1) is 12.7. The molecule has 3 aliphatic rings. The zero-order chi connectivity index (χ0) is 17.6. The Morgan fingerprint density at radius 2 is 2.00 bits per heavy atom. The Kier molecular flexibility index (Phi) is 3.51. The highest BCUT2D eigenvalue weighted by atomic mass is 16.7. The normalized spacial score (nSPS) is 18.9. The summed E-state index contributed by atoms with van der Waals surface area (Å²) in [5, 5.41) is 14.0. The number of nitrogens with one attached hydrogen (secondary N) is 2. The molecule has 1 fully saturated rings. The largest absolute Gasteiger partial charge is 0.448 e. The van der Waals surface area contributed by atoms with Crippen LogP contribution < -0.4 is 20.1 Å². The zero-order valence-electron chi connectivity index (χ0n) is 14.5. The van der Waals surface area contributed by atoms with Crippen LogP contribution >= 0.6 is 0 Å². The van der Waals surface area contributed by atoms with Crippen molar-refractivity contribution >= 4 is 11.7 Å². The summed E-state index contributed by atoms with van der Waals surface area (Å²) in [6.07, 6.45) is 6.10. The molecule has 0 saturated heterocycles. The molecule has 0 atom stereocenters. The van der Waals surface area contributed by atoms with Crippen LogP contribution in [0.25, 0.3) is 0 Å². The molecule has 2 amide bonds. The number of urea groups is 1. The van der Waals surface area contributed by atoms with Crippen LogP contribution in [0.1, 0.15) is 43.8 Å². The summed E-state index contributed by atoms with van der Waals surface area (Å²) in [6.45, 7) is 1.28. The predicted octanol–water partition coefficient (Wildman–Crippen LogP) is 2.59. The molecule has 1 aromatic carbocycles. The highest BCUT2D eigenvalue weighted by Crippen LogP contribution is 2.47. The number of aryl methyl sites for hydroxylation is 1. The first kappa shape index (κ1) is 15.5. The van der Waals surface area contributed by atoms with Gasteiger partial charge in [0.05, 0.1) is 6.54 Å². The number of rotatable bonds is 3. The van der Waals surface area contributed by atoms with Gasteiger partial charge in [-0.2, -0.15) is 0 Å². The van der Waals surface area contributed by atoms with Crippen LogP contribution in [-0.4, -0.2) is 26.6 Å². The van der Waals surface area contributed by atoms with Crippen molar-refractivity contribution in [3.63, 3.8) is 0 Å². The third kappa shape index (κ3) is 2.65. The molecule has 136 valence electrons. The summed E-state index contributed by atoms with van der Waals surface area (Å²) < 4.78 is 14.1. The lowest BCUT2D eigenvalue weighted by atomic mass is 10.2. The van der Waals surface area contributed by atoms with Crippen LogP contribution in [0.2, 0.25) is 0 Å². The second-order valence-electron chi connectivity index (χ2n) is 7.08. The van der Waals surface area contributed by atoms with Gasteiger partial charge >= 0.3 is 6.03 Å². The lowest BCUT2D eigenvalue weighted by molar-refractivity contribution is -0.0716. The lowest BCUT2D eigenvalue weighted by Crippen LogP contribution is -2.34. The van der Waals surface area contributed by atoms with Crippen molar-refractivity contribution in [2.75, 3.05) is 5.32 Å². The lowest BCUT2D eigenvalue weighted by Gasteiger charge is -2.21. The highest BCUT2D eigenvalue weighted by Gasteiger charge is 2.44. The number of ether oxygens (including phenoxy) is 2. The molecule has 0 unspecified atom stereocenters. The molecule has 0 radical (unpaired) electrons. The molecular formula is C18H21N5O3. The second kappa shape index (κ2) is 5.89. The third-order valence-corrected chi connectivity index (χ3v) is 5.25. The van der Waals surface area contributed by atoms with Crippen LogP contribution in [0.4, 0.5) is 10.5 Å². The number of aromatic nitrogens is 3. The molecule has 2 N–H and O–H groups in total. The first-order valence-electron chi connectivity index (χ1n) is 9.19. The summed E-state index contributed by atoms with van der Waals surface area (Å²) in [5.41, 5.74) is 0.673. The monoisotopic (exact) mass is 355 g/mol. The maximum absolute atomic E-state index is 12.2. The molecule has 2 aliphatic heterocycles. The van der Waals surface area contributed by atoms with Crippen LogP contribution in [0, 0.1) is 0 Å². The summed E-state index contributed by atoms with van der Waals surface area (Å²) >= 11 is 0. The van der Waals surface area contributed by atoms with E-state index in [1.54, 1.807) is 0 Å². The van der Waals surface area contributed by atoms with E-state index in [0.717, 1.165) is 62.5 Å². The molecule has 0 bridgehead atoms. The molecule has 3 heterocycles. The molecule has 2 aromatic rings. The van der Waals surface area contributed by atoms with Crippen molar-refractivity contribution in [3.05, 3.63) is 29.8 Å². The van der Waals surface area contributed by atoms with Crippen LogP contribution in [-0.2, 0) is 19.5 Å². The zero-order valence-corrected chi connectivity index (χ0v) is 14.5. The predicted molar refractivity (Wildman–Crippen MR) is 93.1 cm³/mol. The molecule has 1 saturated carbocycles. The van der Waals surface area contributed by atoms with Gasteiger partial charge in [-0.15, -0.1) is 10.2 Å². The molecule has 1 spiro atoms. The van der Waals surface area contributed by atoms with E-state index in [-0.39, 0.29) is 6.03 Å². The van der Waals surface area contributed by atoms with E-state index in [1.165, 1.54) is 0 Å². The minimum atomic E-state index is -0.489. The molecule has 26 heavy (non-hydrogen) atoms. The van der Waals surface area contributed by atoms with Crippen molar-refractivity contribution in [1.29, 1.82) is 0 Å². The maximum Gasteiger partial charge on any atom is 0.319 e. The van der Waals surface area contributed by atoms with Gasteiger partial charge in [-0.1, -0.05) is 0 Å². The van der Waals surface area contributed by atoms with Gasteiger partial charge in [0.1, 0.15) is 5.82 Å². The SMILES string of the molecule is O=C(NCc1nnc2n1CCC2)Nc1ccc2c(c1)OC1(CCCC1)O2. The van der Waals surface area contributed by atoms with Gasteiger partial charge in [0, 0.05) is 37.6 Å². The second-order valence-corrected chi connectivity index (χ2v) is 7.08. The minimum Gasteiger partial charge on any atom is -0.448 e. The van der Waals surface area contributed by atoms with Crippen molar-refractivity contribution < 1.29 is 14.3 Å². The Balaban J connectivity index is 1.21. The van der Waals surface area contributed by atoms with Crippen LogP contribution in [0.3, 0.4) is 0 Å². The topological polar surface area (TPSA) is 90.3 Å². The number of fused-ring (bicyclic) bond motifs is 2. The smallest absolute Gasteiger partial charge is 0.319 e. The Hall–Kier alpha value is -2.77. The molecule has 8 heteroatoms. The average Bonchev–Trinajstić information content (AvgIpc) is 3.37. The summed E-state index contributed by atoms with van der Waals surface area (Å²) in [5.74, 6) is 2.74. The Bertz CT molecular complexity index is 857. The average molecular weight is 355 g/mol. The Morgan fingerprint density at radius 1 is 1.15 bits per heavy atom. The van der Waals surface area contributed by atoms with E-state index in [1.807, 2.05) is 18.2 Å². The third-order valence-electron chi connectivity index (χ3n) is 5.25. The fraction of sp³-hybridized carbons (Fsp3) is 0.500. The summed E-state index contributed by atoms with van der Waals surface area (Å²) in [7, 11) is 0. The number of anilines is 1. The summed E-state index contributed by atoms with van der Waals surface area (Å²) in [4.78, 5) is 12.2. The molecule has 1 aliphatic carbocycles. The highest BCUT2D eigenvalue weighted by molar-refractivity contribution is 5.89. The summed E-state index contributed by atoms with van der Waals surface area (Å²) in [6, 6.07) is 5.21. The maximum atomic E-state index is 12.2. The standard InChI is InChI=1S/C18H21N5O3/c24-17(19-11-16-22-21-15-4-3-9-23(15)16)20-12-5-6-13-14(10-12)26-18(25-13)7-1-2-8-18/h5-6,10H,1-4,7-9,11H2,(H2,19,20,24). The Morgan fingerprint density at radius 3 is 2.88 bits per heavy atom. The molecule has 1 aromatic heterocycles. The van der Waals surface area contributed by atoms with Gasteiger partial charge in [0.25, 0.3) is 5.79 Å². The Labute approximate surface area is 150 Å². The molecular weight excluding hydrogens is 334 g/mol. The number of amides is 2. The number of hydrogen-bond acceptors (Lipinski definition) is 5. The number of benzene rings is 1. The van der Waals surface area contributed by atoms with Gasteiger partial charge in [-0.25, -0.2) is 4.79 Å². The van der Waals surface area contributed by atoms with E-state index in [4.69, 9.17) is 9.47 Å². The van der Waals surface area contributed by atoms with Crippen molar-refractivity contribution in [2.24, 2.45) is 0 Å². The van der Waals surface area contributed by atoms with E-state index in [9.17, 15) is 4.79 Å². The number of carbonyl (C=O) groups excluding carboxylic acids is 1. The van der Waals surface area contributed by atoms with Crippen LogP contribution in [0.15, 0.2) is 18.2 Å². The van der Waals surface area contributed by atoms with Gasteiger partial charge in [-0.05, 0) is 31.4 Å². The number of carbonyl (C=O) groups is 1. The van der Waals surface area contributed by atoms with Crippen molar-refractivity contribution in [2.45, 2.75) is 57.4 Å². The number of hydrogen-bond donors (Lipinski definition) is 2. The van der Waals surface area contributed by atoms with E-state index in [0.29, 0.717) is 18.0 Å². The van der Waals surface area contributed by atoms with E-state index < -0.39 is 5.79 Å². The van der Waals surface area contributed by atoms with E-state index >= 15 is 0 Å². The van der Waals surface area contributed by atoms with Gasteiger partial charge in [0.2, 0.25) is 0 Å². The fourth-order valence-corrected chi connectivity index (χ4v) is 3.97.